The molecule has 6 heteroatoms. The average molecular weight is 296 g/mol. The van der Waals surface area contributed by atoms with Crippen LogP contribution in [0.5, 0.6) is 0 Å². The van der Waals surface area contributed by atoms with Crippen LogP contribution in [-0.2, 0) is 9.47 Å². The minimum atomic E-state index is -0.498. The van der Waals surface area contributed by atoms with Crippen LogP contribution >= 0.6 is 11.6 Å². The van der Waals surface area contributed by atoms with Gasteiger partial charge in [0.25, 0.3) is 0 Å². The largest absolute Gasteiger partial charge is 0.347 e. The standard InChI is InChI=1S/C14H18ClN3O2/c1-4-19-14(20-5-2)12-9-18(17-16-12)13-8-10(3)6-7-11(13)15/h6-9,14H,4-5H2,1-3H3. The van der Waals surface area contributed by atoms with Gasteiger partial charge in [0.15, 0.2) is 0 Å². The Morgan fingerprint density at radius 2 is 1.95 bits per heavy atom. The van der Waals surface area contributed by atoms with E-state index in [9.17, 15) is 0 Å². The summed E-state index contributed by atoms with van der Waals surface area (Å²) in [6.07, 6.45) is 1.28. The summed E-state index contributed by atoms with van der Waals surface area (Å²) in [5.74, 6) is 0. The summed E-state index contributed by atoms with van der Waals surface area (Å²) in [6, 6.07) is 5.75. The molecule has 0 aliphatic rings. The summed E-state index contributed by atoms with van der Waals surface area (Å²) < 4.78 is 12.6. The number of nitrogens with zero attached hydrogens (tertiary/aromatic N) is 3. The van der Waals surface area contributed by atoms with Gasteiger partial charge in [-0.2, -0.15) is 0 Å². The third-order valence-corrected chi connectivity index (χ3v) is 3.06. The van der Waals surface area contributed by atoms with Gasteiger partial charge in [0.1, 0.15) is 5.69 Å². The summed E-state index contributed by atoms with van der Waals surface area (Å²) in [5, 5.41) is 8.82. The van der Waals surface area contributed by atoms with Gasteiger partial charge in [-0.25, -0.2) is 4.68 Å². The molecule has 0 atom stereocenters. The Kier molecular flexibility index (Phi) is 5.11. The van der Waals surface area contributed by atoms with E-state index in [1.807, 2.05) is 39.0 Å². The molecule has 0 N–H and O–H groups in total. The highest BCUT2D eigenvalue weighted by molar-refractivity contribution is 6.32. The molecule has 0 saturated carbocycles. The van der Waals surface area contributed by atoms with Crippen molar-refractivity contribution in [3.8, 4) is 5.69 Å². The van der Waals surface area contributed by atoms with Crippen molar-refractivity contribution in [3.05, 3.63) is 40.7 Å². The van der Waals surface area contributed by atoms with E-state index < -0.39 is 6.29 Å². The Morgan fingerprint density at radius 3 is 2.60 bits per heavy atom. The van der Waals surface area contributed by atoms with Crippen molar-refractivity contribution < 1.29 is 9.47 Å². The number of rotatable bonds is 6. The molecule has 0 unspecified atom stereocenters. The van der Waals surface area contributed by atoms with Gasteiger partial charge in [-0.15, -0.1) is 5.10 Å². The summed E-state index contributed by atoms with van der Waals surface area (Å²) in [6.45, 7) is 6.91. The fraction of sp³-hybridized carbons (Fsp3) is 0.429. The van der Waals surface area contributed by atoms with Crippen molar-refractivity contribution in [2.75, 3.05) is 13.2 Å². The van der Waals surface area contributed by atoms with Gasteiger partial charge in [0.05, 0.1) is 16.9 Å². The zero-order chi connectivity index (χ0) is 14.5. The van der Waals surface area contributed by atoms with Crippen LogP contribution in [0, 0.1) is 6.92 Å². The minimum absolute atomic E-state index is 0.498. The molecule has 1 aromatic heterocycles. The van der Waals surface area contributed by atoms with E-state index in [0.717, 1.165) is 11.3 Å². The first kappa shape index (κ1) is 15.0. The smallest absolute Gasteiger partial charge is 0.204 e. The number of halogens is 1. The van der Waals surface area contributed by atoms with Crippen LogP contribution in [0.25, 0.3) is 5.69 Å². The zero-order valence-electron chi connectivity index (χ0n) is 11.8. The highest BCUT2D eigenvalue weighted by Gasteiger charge is 2.16. The molecular formula is C14H18ClN3O2. The lowest BCUT2D eigenvalue weighted by atomic mass is 10.2. The summed E-state index contributed by atoms with van der Waals surface area (Å²) in [4.78, 5) is 0. The van der Waals surface area contributed by atoms with E-state index in [0.29, 0.717) is 23.9 Å². The van der Waals surface area contributed by atoms with Gasteiger partial charge in [-0.1, -0.05) is 22.9 Å². The monoisotopic (exact) mass is 295 g/mol. The number of benzene rings is 1. The molecule has 0 amide bonds. The summed E-state index contributed by atoms with van der Waals surface area (Å²) in [5.41, 5.74) is 2.52. The number of hydrogen-bond donors (Lipinski definition) is 0. The molecule has 0 fully saturated rings. The molecular weight excluding hydrogens is 278 g/mol. The molecule has 0 aliphatic heterocycles. The Bertz CT molecular complexity index is 565. The lowest BCUT2D eigenvalue weighted by Gasteiger charge is -2.13. The quantitative estimate of drug-likeness (QED) is 0.767. The fourth-order valence-corrected chi connectivity index (χ4v) is 2.03. The van der Waals surface area contributed by atoms with E-state index in [4.69, 9.17) is 21.1 Å². The molecule has 0 bridgehead atoms. The highest BCUT2D eigenvalue weighted by Crippen LogP contribution is 2.23. The second kappa shape index (κ2) is 6.83. The first-order valence-electron chi connectivity index (χ1n) is 6.57. The maximum absolute atomic E-state index is 6.19. The van der Waals surface area contributed by atoms with Gasteiger partial charge in [0, 0.05) is 13.2 Å². The minimum Gasteiger partial charge on any atom is -0.347 e. The average Bonchev–Trinajstić information content (AvgIpc) is 2.91. The zero-order valence-corrected chi connectivity index (χ0v) is 12.6. The molecule has 0 spiro atoms. The molecule has 1 heterocycles. The Labute approximate surface area is 123 Å². The van der Waals surface area contributed by atoms with Crippen LogP contribution < -0.4 is 0 Å². The maximum atomic E-state index is 6.19. The summed E-state index contributed by atoms with van der Waals surface area (Å²) >= 11 is 6.19. The van der Waals surface area contributed by atoms with Crippen molar-refractivity contribution in [3.63, 3.8) is 0 Å². The molecule has 0 saturated heterocycles. The van der Waals surface area contributed by atoms with Gasteiger partial charge < -0.3 is 9.47 Å². The van der Waals surface area contributed by atoms with Gasteiger partial charge in [-0.05, 0) is 38.5 Å². The number of ether oxygens (including phenoxy) is 2. The molecule has 5 nitrogen and oxygen atoms in total. The van der Waals surface area contributed by atoms with Crippen LogP contribution in [-0.4, -0.2) is 28.2 Å². The molecule has 1 aromatic carbocycles. The Hall–Kier alpha value is -1.43. The normalized spacial score (nSPS) is 11.2. The van der Waals surface area contributed by atoms with Crippen molar-refractivity contribution in [1.29, 1.82) is 0 Å². The Balaban J connectivity index is 2.29. The lowest BCUT2D eigenvalue weighted by molar-refractivity contribution is -0.142. The van der Waals surface area contributed by atoms with Crippen LogP contribution in [0.1, 0.15) is 31.4 Å². The first-order chi connectivity index (χ1) is 9.65. The number of aryl methyl sites for hydroxylation is 1. The molecule has 2 rings (SSSR count). The predicted octanol–water partition coefficient (Wildman–Crippen LogP) is 3.30. The first-order valence-corrected chi connectivity index (χ1v) is 6.95. The van der Waals surface area contributed by atoms with Crippen molar-refractivity contribution in [1.82, 2.24) is 15.0 Å². The fourth-order valence-electron chi connectivity index (χ4n) is 1.82. The molecule has 108 valence electrons. The SMILES string of the molecule is CCOC(OCC)c1cn(-c2cc(C)ccc2Cl)nn1. The van der Waals surface area contributed by atoms with Gasteiger partial charge in [0.2, 0.25) is 6.29 Å². The van der Waals surface area contributed by atoms with E-state index in [2.05, 4.69) is 10.3 Å². The molecule has 20 heavy (non-hydrogen) atoms. The summed E-state index contributed by atoms with van der Waals surface area (Å²) in [7, 11) is 0. The molecule has 2 aromatic rings. The van der Waals surface area contributed by atoms with E-state index >= 15 is 0 Å². The maximum Gasteiger partial charge on any atom is 0.204 e. The predicted molar refractivity (Wildman–Crippen MR) is 77.1 cm³/mol. The Morgan fingerprint density at radius 1 is 1.25 bits per heavy atom. The second-order valence-corrected chi connectivity index (χ2v) is 4.69. The van der Waals surface area contributed by atoms with Crippen molar-refractivity contribution in [2.45, 2.75) is 27.1 Å². The van der Waals surface area contributed by atoms with Crippen LogP contribution in [0.3, 0.4) is 0 Å². The molecule has 0 radical (unpaired) electrons. The number of aromatic nitrogens is 3. The third-order valence-electron chi connectivity index (χ3n) is 2.74. The van der Waals surface area contributed by atoms with Crippen LogP contribution in [0.15, 0.2) is 24.4 Å². The van der Waals surface area contributed by atoms with Gasteiger partial charge >= 0.3 is 0 Å². The van der Waals surface area contributed by atoms with E-state index in [1.165, 1.54) is 0 Å². The number of hydrogen-bond acceptors (Lipinski definition) is 4. The lowest BCUT2D eigenvalue weighted by Crippen LogP contribution is -2.09. The van der Waals surface area contributed by atoms with Crippen molar-refractivity contribution in [2.24, 2.45) is 0 Å². The van der Waals surface area contributed by atoms with Crippen molar-refractivity contribution >= 4 is 11.6 Å². The molecule has 0 aliphatic carbocycles. The highest BCUT2D eigenvalue weighted by atomic mass is 35.5. The topological polar surface area (TPSA) is 49.2 Å². The van der Waals surface area contributed by atoms with E-state index in [-0.39, 0.29) is 0 Å². The van der Waals surface area contributed by atoms with Gasteiger partial charge in [-0.3, -0.25) is 0 Å². The van der Waals surface area contributed by atoms with Crippen LogP contribution in [0.2, 0.25) is 5.02 Å². The second-order valence-electron chi connectivity index (χ2n) is 4.29. The van der Waals surface area contributed by atoms with E-state index in [1.54, 1.807) is 10.9 Å². The van der Waals surface area contributed by atoms with Crippen LogP contribution in [0.4, 0.5) is 0 Å². The third kappa shape index (κ3) is 3.36.